The number of hydrogen-bond acceptors (Lipinski definition) is 5. The van der Waals surface area contributed by atoms with Crippen LogP contribution >= 0.6 is 0 Å². The summed E-state index contributed by atoms with van der Waals surface area (Å²) < 4.78 is 58.2. The summed E-state index contributed by atoms with van der Waals surface area (Å²) in [5.41, 5.74) is 2.16. The molecule has 3 aromatic rings. The lowest BCUT2D eigenvalue weighted by Crippen LogP contribution is -2.25. The zero-order valence-corrected chi connectivity index (χ0v) is 23.1. The number of carboxylic acids is 1. The third kappa shape index (κ3) is 6.91. The van der Waals surface area contributed by atoms with Gasteiger partial charge in [-0.15, -0.1) is 0 Å². The average Bonchev–Trinajstić information content (AvgIpc) is 3.19. The van der Waals surface area contributed by atoms with Gasteiger partial charge in [-0.1, -0.05) is 26.0 Å². The summed E-state index contributed by atoms with van der Waals surface area (Å²) in [5, 5.41) is 29.5. The van der Waals surface area contributed by atoms with E-state index in [4.69, 9.17) is 5.11 Å². The van der Waals surface area contributed by atoms with Gasteiger partial charge in [0, 0.05) is 31.9 Å². The number of carbonyl (C=O) groups is 1. The Morgan fingerprint density at radius 2 is 1.44 bits per heavy atom. The molecule has 2 aromatic carbocycles. The molecule has 3 N–H and O–H groups in total. The number of carboxylic acid groups (broad SMARTS) is 1. The van der Waals surface area contributed by atoms with E-state index >= 15 is 0 Å². The zero-order chi connectivity index (χ0) is 29.1. The fourth-order valence-corrected chi connectivity index (χ4v) is 6.10. The maximum atomic E-state index is 13.9. The van der Waals surface area contributed by atoms with Gasteiger partial charge in [-0.05, 0) is 66.3 Å². The molecular formula is C28H34F2N2O6S. The number of sulfonamides is 1. The zero-order valence-electron chi connectivity index (χ0n) is 22.3. The Hall–Kier alpha value is -3.12. The third-order valence-electron chi connectivity index (χ3n) is 6.43. The predicted octanol–water partition coefficient (Wildman–Crippen LogP) is 4.45. The van der Waals surface area contributed by atoms with Gasteiger partial charge in [0.05, 0.1) is 24.3 Å². The molecule has 1 heterocycles. The van der Waals surface area contributed by atoms with Crippen LogP contribution in [-0.4, -0.2) is 64.9 Å². The van der Waals surface area contributed by atoms with Crippen LogP contribution in [0, 0.1) is 11.6 Å². The largest absolute Gasteiger partial charge is 0.481 e. The summed E-state index contributed by atoms with van der Waals surface area (Å²) in [6.45, 7) is 3.77. The summed E-state index contributed by atoms with van der Waals surface area (Å²) in [6, 6.07) is 11.0. The maximum absolute atomic E-state index is 13.9. The Morgan fingerprint density at radius 3 is 1.90 bits per heavy atom. The summed E-state index contributed by atoms with van der Waals surface area (Å²) in [6.07, 6.45) is -2.94. The first-order chi connectivity index (χ1) is 18.2. The molecule has 0 saturated heterocycles. The van der Waals surface area contributed by atoms with Crippen molar-refractivity contribution in [2.45, 2.75) is 62.7 Å². The van der Waals surface area contributed by atoms with Crippen molar-refractivity contribution in [2.24, 2.45) is 0 Å². The quantitative estimate of drug-likeness (QED) is 0.299. The molecule has 0 saturated carbocycles. The minimum atomic E-state index is -4.05. The number of aliphatic hydroxyl groups is 2. The molecule has 0 aliphatic heterocycles. The lowest BCUT2D eigenvalue weighted by atomic mass is 10.00. The molecule has 0 aliphatic carbocycles. The Kier molecular flexibility index (Phi) is 9.65. The highest BCUT2D eigenvalue weighted by Crippen LogP contribution is 2.45. The van der Waals surface area contributed by atoms with E-state index in [-0.39, 0.29) is 30.2 Å². The van der Waals surface area contributed by atoms with Crippen LogP contribution in [0.15, 0.2) is 53.4 Å². The van der Waals surface area contributed by atoms with E-state index in [1.807, 2.05) is 13.8 Å². The molecule has 0 amide bonds. The second kappa shape index (κ2) is 12.4. The number of aliphatic hydroxyl groups excluding tert-OH is 2. The Labute approximate surface area is 227 Å². The minimum Gasteiger partial charge on any atom is -0.481 e. The molecule has 2 atom stereocenters. The van der Waals surface area contributed by atoms with Crippen molar-refractivity contribution in [3.05, 3.63) is 65.9 Å². The van der Waals surface area contributed by atoms with Gasteiger partial charge in [0.2, 0.25) is 10.0 Å². The van der Waals surface area contributed by atoms with Gasteiger partial charge >= 0.3 is 5.97 Å². The first kappa shape index (κ1) is 30.4. The number of nitrogens with zero attached hydrogens (tertiary/aromatic N) is 2. The molecule has 0 unspecified atom stereocenters. The van der Waals surface area contributed by atoms with Crippen molar-refractivity contribution in [3.8, 4) is 22.4 Å². The number of benzene rings is 2. The molecule has 0 radical (unpaired) electrons. The van der Waals surface area contributed by atoms with Crippen LogP contribution in [0.4, 0.5) is 8.78 Å². The second-order valence-electron chi connectivity index (χ2n) is 9.98. The number of aromatic nitrogens is 1. The first-order valence-electron chi connectivity index (χ1n) is 12.5. The van der Waals surface area contributed by atoms with Crippen LogP contribution in [0.25, 0.3) is 22.4 Å². The second-order valence-corrected chi connectivity index (χ2v) is 12.1. The van der Waals surface area contributed by atoms with Gasteiger partial charge in [-0.2, -0.15) is 0 Å². The lowest BCUT2D eigenvalue weighted by molar-refractivity contribution is -0.139. The van der Waals surface area contributed by atoms with Crippen LogP contribution in [0.2, 0.25) is 0 Å². The summed E-state index contributed by atoms with van der Waals surface area (Å²) in [4.78, 5) is 10.9. The highest BCUT2D eigenvalue weighted by Gasteiger charge is 2.35. The maximum Gasteiger partial charge on any atom is 0.305 e. The van der Waals surface area contributed by atoms with Crippen molar-refractivity contribution in [1.82, 2.24) is 8.87 Å². The smallest absolute Gasteiger partial charge is 0.305 e. The Morgan fingerprint density at radius 1 is 0.923 bits per heavy atom. The highest BCUT2D eigenvalue weighted by molar-refractivity contribution is 7.89. The molecule has 8 nitrogen and oxygen atoms in total. The molecule has 0 bridgehead atoms. The number of halogens is 2. The Bertz CT molecular complexity index is 1400. The summed E-state index contributed by atoms with van der Waals surface area (Å²) in [7, 11) is -1.23. The lowest BCUT2D eigenvalue weighted by Gasteiger charge is -2.20. The molecule has 39 heavy (non-hydrogen) atoms. The van der Waals surface area contributed by atoms with E-state index in [2.05, 4.69) is 0 Å². The van der Waals surface area contributed by atoms with Gasteiger partial charge in [0.25, 0.3) is 0 Å². The first-order valence-corrected chi connectivity index (χ1v) is 14.0. The monoisotopic (exact) mass is 564 g/mol. The molecule has 0 aliphatic rings. The van der Waals surface area contributed by atoms with Crippen LogP contribution in [0.1, 0.15) is 44.7 Å². The van der Waals surface area contributed by atoms with E-state index in [1.54, 1.807) is 4.57 Å². The predicted molar refractivity (Wildman–Crippen MR) is 144 cm³/mol. The number of aliphatic carboxylic acids is 1. The molecule has 3 rings (SSSR count). The van der Waals surface area contributed by atoms with Crippen LogP contribution in [-0.2, 0) is 21.4 Å². The van der Waals surface area contributed by atoms with E-state index < -0.39 is 46.3 Å². The van der Waals surface area contributed by atoms with E-state index in [0.29, 0.717) is 28.1 Å². The molecular weight excluding hydrogens is 530 g/mol. The van der Waals surface area contributed by atoms with Gasteiger partial charge in [-0.25, -0.2) is 21.5 Å². The van der Waals surface area contributed by atoms with Gasteiger partial charge in [0.15, 0.2) is 0 Å². The van der Waals surface area contributed by atoms with Gasteiger partial charge in [0.1, 0.15) is 16.5 Å². The molecule has 1 aromatic heterocycles. The van der Waals surface area contributed by atoms with E-state index in [0.717, 1.165) is 4.31 Å². The normalized spacial score (nSPS) is 13.7. The third-order valence-corrected chi connectivity index (χ3v) is 8.32. The van der Waals surface area contributed by atoms with E-state index in [1.165, 1.54) is 62.6 Å². The standard InChI is InChI=1S/C28H34F2N2O6S/c1-17(2)26-28(39(37,38)31(3)4)25(18-5-9-20(29)10-6-18)27(19-7-11-21(30)12-8-19)32(26)14-13-22(33)15-23(34)16-24(35)36/h5-12,17,22-23,33-34H,13-16H2,1-4H3,(H,35,36)/t22-,23-/m1/s1. The van der Waals surface area contributed by atoms with Crippen molar-refractivity contribution >= 4 is 16.0 Å². The molecule has 0 spiro atoms. The van der Waals surface area contributed by atoms with Gasteiger partial charge < -0.3 is 19.9 Å². The van der Waals surface area contributed by atoms with Crippen LogP contribution in [0.3, 0.4) is 0 Å². The summed E-state index contributed by atoms with van der Waals surface area (Å²) in [5.74, 6) is -2.49. The van der Waals surface area contributed by atoms with Crippen molar-refractivity contribution < 1.29 is 37.3 Å². The Balaban J connectivity index is 2.31. The summed E-state index contributed by atoms with van der Waals surface area (Å²) >= 11 is 0. The molecule has 212 valence electrons. The van der Waals surface area contributed by atoms with Gasteiger partial charge in [-0.3, -0.25) is 4.79 Å². The van der Waals surface area contributed by atoms with Crippen molar-refractivity contribution in [1.29, 1.82) is 0 Å². The number of hydrogen-bond donors (Lipinski definition) is 3. The van der Waals surface area contributed by atoms with Crippen molar-refractivity contribution in [3.63, 3.8) is 0 Å². The van der Waals surface area contributed by atoms with E-state index in [9.17, 15) is 32.2 Å². The molecule has 11 heteroatoms. The van der Waals surface area contributed by atoms with Crippen LogP contribution < -0.4 is 0 Å². The average molecular weight is 565 g/mol. The minimum absolute atomic E-state index is 0.0221. The van der Waals surface area contributed by atoms with Crippen molar-refractivity contribution in [2.75, 3.05) is 14.1 Å². The molecule has 0 fully saturated rings. The number of rotatable bonds is 12. The topological polar surface area (TPSA) is 120 Å². The highest BCUT2D eigenvalue weighted by atomic mass is 32.2. The fraction of sp³-hybridized carbons (Fsp3) is 0.393. The fourth-order valence-electron chi connectivity index (χ4n) is 4.65. The van der Waals surface area contributed by atoms with Crippen LogP contribution in [0.5, 0.6) is 0 Å². The SMILES string of the molecule is CC(C)c1c(S(=O)(=O)N(C)C)c(-c2ccc(F)cc2)c(-c2ccc(F)cc2)n1CC[C@@H](O)C[C@@H](O)CC(=O)O.